The number of nitrogens with zero attached hydrogens (tertiary/aromatic N) is 3. The van der Waals surface area contributed by atoms with Crippen molar-refractivity contribution in [1.29, 1.82) is 0 Å². The SMILES string of the molecule is Cc1nc(N)c([N+](=O)[O-])n1C. The second-order valence-electron chi connectivity index (χ2n) is 2.18. The molecule has 1 rings (SSSR count). The van der Waals surface area contributed by atoms with E-state index < -0.39 is 4.92 Å². The first kappa shape index (κ1) is 7.52. The van der Waals surface area contributed by atoms with Crippen molar-refractivity contribution in [2.75, 3.05) is 5.73 Å². The minimum Gasteiger partial charge on any atom is -0.377 e. The molecule has 0 aliphatic carbocycles. The van der Waals surface area contributed by atoms with E-state index in [1.807, 2.05) is 0 Å². The molecule has 0 unspecified atom stereocenters. The minimum absolute atomic E-state index is 0.0324. The van der Waals surface area contributed by atoms with Crippen LogP contribution in [0.2, 0.25) is 0 Å². The summed E-state index contributed by atoms with van der Waals surface area (Å²) in [4.78, 5) is 13.5. The molecule has 0 fully saturated rings. The van der Waals surface area contributed by atoms with Gasteiger partial charge in [0.15, 0.2) is 5.82 Å². The van der Waals surface area contributed by atoms with Crippen LogP contribution in [-0.4, -0.2) is 14.5 Å². The number of hydrogen-bond acceptors (Lipinski definition) is 4. The number of aromatic nitrogens is 2. The van der Waals surface area contributed by atoms with E-state index in [0.717, 1.165) is 0 Å². The maximum Gasteiger partial charge on any atom is 0.366 e. The molecule has 1 heterocycles. The van der Waals surface area contributed by atoms with Gasteiger partial charge in [-0.05, 0) is 4.92 Å². The summed E-state index contributed by atoms with van der Waals surface area (Å²) in [7, 11) is 1.55. The largest absolute Gasteiger partial charge is 0.377 e. The zero-order valence-electron chi connectivity index (χ0n) is 6.24. The Balaban J connectivity index is 3.34. The third-order valence-electron chi connectivity index (χ3n) is 1.49. The van der Waals surface area contributed by atoms with Gasteiger partial charge in [-0.25, -0.2) is 4.57 Å². The van der Waals surface area contributed by atoms with Gasteiger partial charge in [0.25, 0.3) is 0 Å². The Morgan fingerprint density at radius 2 is 2.27 bits per heavy atom. The highest BCUT2D eigenvalue weighted by atomic mass is 16.6. The van der Waals surface area contributed by atoms with Gasteiger partial charge >= 0.3 is 5.82 Å². The third-order valence-corrected chi connectivity index (χ3v) is 1.49. The van der Waals surface area contributed by atoms with Crippen molar-refractivity contribution in [2.45, 2.75) is 6.92 Å². The van der Waals surface area contributed by atoms with E-state index in [1.54, 1.807) is 14.0 Å². The van der Waals surface area contributed by atoms with E-state index in [2.05, 4.69) is 4.98 Å². The van der Waals surface area contributed by atoms with E-state index in [0.29, 0.717) is 5.82 Å². The molecule has 6 nitrogen and oxygen atoms in total. The van der Waals surface area contributed by atoms with Crippen LogP contribution in [0.3, 0.4) is 0 Å². The number of hydrogen-bond donors (Lipinski definition) is 1. The highest BCUT2D eigenvalue weighted by Crippen LogP contribution is 2.19. The molecule has 60 valence electrons. The number of aryl methyl sites for hydroxylation is 1. The Bertz CT molecular complexity index is 304. The van der Waals surface area contributed by atoms with Crippen molar-refractivity contribution in [1.82, 2.24) is 9.55 Å². The Labute approximate surface area is 62.8 Å². The molecule has 0 radical (unpaired) electrons. The lowest BCUT2D eigenvalue weighted by Crippen LogP contribution is -2.00. The Kier molecular flexibility index (Phi) is 1.52. The lowest BCUT2D eigenvalue weighted by Gasteiger charge is -1.93. The normalized spacial score (nSPS) is 10.0. The molecule has 0 amide bonds. The number of nitrogens with two attached hydrogens (primary N) is 1. The maximum absolute atomic E-state index is 10.3. The Morgan fingerprint density at radius 1 is 1.73 bits per heavy atom. The minimum atomic E-state index is -0.546. The molecule has 1 aromatic heterocycles. The summed E-state index contributed by atoms with van der Waals surface area (Å²) in [6.45, 7) is 1.66. The Morgan fingerprint density at radius 3 is 2.45 bits per heavy atom. The van der Waals surface area contributed by atoms with Crippen LogP contribution in [0.5, 0.6) is 0 Å². The Hall–Kier alpha value is -1.59. The van der Waals surface area contributed by atoms with Crippen molar-refractivity contribution in [2.24, 2.45) is 7.05 Å². The molecule has 6 heteroatoms. The summed E-state index contributed by atoms with van der Waals surface area (Å²) < 4.78 is 1.34. The molecule has 0 atom stereocenters. The summed E-state index contributed by atoms with van der Waals surface area (Å²) in [6, 6.07) is 0. The summed E-state index contributed by atoms with van der Waals surface area (Å²) in [5, 5.41) is 10.3. The van der Waals surface area contributed by atoms with Gasteiger partial charge in [-0.3, -0.25) is 0 Å². The summed E-state index contributed by atoms with van der Waals surface area (Å²) in [5.41, 5.74) is 5.27. The number of anilines is 1. The van der Waals surface area contributed by atoms with Gasteiger partial charge in [-0.15, -0.1) is 0 Å². The molecular formula is C5H8N4O2. The summed E-state index contributed by atoms with van der Waals surface area (Å²) >= 11 is 0. The monoisotopic (exact) mass is 156 g/mol. The number of nitrogen functional groups attached to an aromatic ring is 1. The highest BCUT2D eigenvalue weighted by Gasteiger charge is 2.19. The predicted octanol–water partition coefficient (Wildman–Crippen LogP) is 0.219. The zero-order valence-corrected chi connectivity index (χ0v) is 6.24. The van der Waals surface area contributed by atoms with Gasteiger partial charge in [0.05, 0.1) is 7.05 Å². The van der Waals surface area contributed by atoms with Gasteiger partial charge in [-0.1, -0.05) is 0 Å². The second-order valence-corrected chi connectivity index (χ2v) is 2.18. The molecule has 11 heavy (non-hydrogen) atoms. The number of imidazole rings is 1. The van der Waals surface area contributed by atoms with Crippen LogP contribution in [0.4, 0.5) is 11.6 Å². The van der Waals surface area contributed by atoms with Crippen LogP contribution in [0.25, 0.3) is 0 Å². The van der Waals surface area contributed by atoms with Gasteiger partial charge in [0, 0.05) is 6.92 Å². The molecular weight excluding hydrogens is 148 g/mol. The number of nitro groups is 1. The van der Waals surface area contributed by atoms with Gasteiger partial charge in [0.1, 0.15) is 0 Å². The van der Waals surface area contributed by atoms with Gasteiger partial charge < -0.3 is 15.8 Å². The fraction of sp³-hybridized carbons (Fsp3) is 0.400. The average molecular weight is 156 g/mol. The average Bonchev–Trinajstić information content (AvgIpc) is 2.07. The molecule has 0 spiro atoms. The topological polar surface area (TPSA) is 87.0 Å². The second kappa shape index (κ2) is 2.22. The molecule has 0 aromatic carbocycles. The van der Waals surface area contributed by atoms with Crippen LogP contribution in [0.15, 0.2) is 0 Å². The van der Waals surface area contributed by atoms with E-state index in [1.165, 1.54) is 4.57 Å². The number of rotatable bonds is 1. The molecule has 0 aliphatic rings. The lowest BCUT2D eigenvalue weighted by atomic mass is 10.6. The highest BCUT2D eigenvalue weighted by molar-refractivity contribution is 5.48. The first-order valence-corrected chi connectivity index (χ1v) is 2.97. The summed E-state index contributed by atoms with van der Waals surface area (Å²) in [5.74, 6) is 0.353. The first-order valence-electron chi connectivity index (χ1n) is 2.97. The van der Waals surface area contributed by atoms with E-state index in [9.17, 15) is 10.1 Å². The van der Waals surface area contributed by atoms with E-state index in [4.69, 9.17) is 5.73 Å². The smallest absolute Gasteiger partial charge is 0.366 e. The van der Waals surface area contributed by atoms with Gasteiger partial charge in [0.2, 0.25) is 5.82 Å². The lowest BCUT2D eigenvalue weighted by molar-refractivity contribution is -0.390. The van der Waals surface area contributed by atoms with Crippen molar-refractivity contribution in [3.05, 3.63) is 15.9 Å². The van der Waals surface area contributed by atoms with Crippen LogP contribution in [0.1, 0.15) is 5.82 Å². The van der Waals surface area contributed by atoms with Crippen LogP contribution < -0.4 is 5.73 Å². The van der Waals surface area contributed by atoms with Crippen molar-refractivity contribution >= 4 is 11.6 Å². The molecule has 1 aromatic rings. The molecule has 0 saturated heterocycles. The molecule has 2 N–H and O–H groups in total. The molecule has 0 saturated carbocycles. The molecule has 0 bridgehead atoms. The summed E-state index contributed by atoms with van der Waals surface area (Å²) in [6.07, 6.45) is 0. The van der Waals surface area contributed by atoms with E-state index >= 15 is 0 Å². The standard InChI is InChI=1S/C5H8N4O2/c1-3-7-4(6)5(8(3)2)9(10)11/h6H2,1-2H3. The van der Waals surface area contributed by atoms with Crippen LogP contribution >= 0.6 is 0 Å². The van der Waals surface area contributed by atoms with Crippen molar-refractivity contribution in [3.8, 4) is 0 Å². The van der Waals surface area contributed by atoms with Crippen LogP contribution in [-0.2, 0) is 7.05 Å². The zero-order chi connectivity index (χ0) is 8.59. The van der Waals surface area contributed by atoms with E-state index in [-0.39, 0.29) is 11.6 Å². The fourth-order valence-electron chi connectivity index (χ4n) is 0.840. The quantitative estimate of drug-likeness (QED) is 0.465. The van der Waals surface area contributed by atoms with Crippen molar-refractivity contribution < 1.29 is 4.92 Å². The third kappa shape index (κ3) is 1.02. The van der Waals surface area contributed by atoms with Gasteiger partial charge in [-0.2, -0.15) is 4.98 Å². The molecule has 0 aliphatic heterocycles. The first-order chi connectivity index (χ1) is 5.04. The maximum atomic E-state index is 10.3. The predicted molar refractivity (Wildman–Crippen MR) is 39.0 cm³/mol. The fourth-order valence-corrected chi connectivity index (χ4v) is 0.840. The van der Waals surface area contributed by atoms with Crippen molar-refractivity contribution in [3.63, 3.8) is 0 Å². The van der Waals surface area contributed by atoms with Crippen LogP contribution in [0, 0.1) is 17.0 Å².